The normalized spacial score (nSPS) is 15.2. The average Bonchev–Trinajstić information content (AvgIpc) is 3.04. The summed E-state index contributed by atoms with van der Waals surface area (Å²) in [6, 6.07) is 3.31. The van der Waals surface area contributed by atoms with E-state index in [0.29, 0.717) is 10.8 Å². The van der Waals surface area contributed by atoms with Gasteiger partial charge in [-0.25, -0.2) is 13.8 Å². The van der Waals surface area contributed by atoms with Gasteiger partial charge in [-0.3, -0.25) is 0 Å². The van der Waals surface area contributed by atoms with E-state index in [1.54, 1.807) is 0 Å². The highest BCUT2D eigenvalue weighted by molar-refractivity contribution is 7.15. The quantitative estimate of drug-likeness (QED) is 0.885. The lowest BCUT2D eigenvalue weighted by Crippen LogP contribution is -1.84. The Hall–Kier alpha value is -1.49. The average molecular weight is 253 g/mol. The van der Waals surface area contributed by atoms with Crippen LogP contribution in [0.2, 0.25) is 0 Å². The van der Waals surface area contributed by atoms with Gasteiger partial charge >= 0.3 is 0 Å². The molecule has 5 heteroatoms. The highest BCUT2D eigenvalue weighted by atomic mass is 32.1. The summed E-state index contributed by atoms with van der Waals surface area (Å²) in [5, 5.41) is 10.5. The minimum atomic E-state index is -0.675. The largest absolute Gasteiger partial charge is 0.492 e. The van der Waals surface area contributed by atoms with E-state index in [1.165, 1.54) is 23.5 Å². The number of nitrogens with zero attached hydrogens (tertiary/aromatic N) is 1. The standard InChI is InChI=1S/C12H9F2NOS/c13-7-3-4-8(9(14)5-7)10-11(16)15-12(17-10)6-1-2-6/h3-6,16H,1-2H2. The van der Waals surface area contributed by atoms with Crippen LogP contribution < -0.4 is 0 Å². The van der Waals surface area contributed by atoms with Crippen molar-refractivity contribution in [3.63, 3.8) is 0 Å². The van der Waals surface area contributed by atoms with E-state index >= 15 is 0 Å². The van der Waals surface area contributed by atoms with Crippen LogP contribution in [0.4, 0.5) is 8.78 Å². The van der Waals surface area contributed by atoms with Gasteiger partial charge in [0.15, 0.2) is 0 Å². The lowest BCUT2D eigenvalue weighted by Gasteiger charge is -1.99. The molecule has 0 unspecified atom stereocenters. The van der Waals surface area contributed by atoms with E-state index in [9.17, 15) is 13.9 Å². The molecule has 1 aromatic heterocycles. The predicted molar refractivity (Wildman–Crippen MR) is 61.1 cm³/mol. The molecule has 1 saturated carbocycles. The SMILES string of the molecule is Oc1nc(C2CC2)sc1-c1ccc(F)cc1F. The molecule has 0 amide bonds. The van der Waals surface area contributed by atoms with E-state index in [4.69, 9.17) is 0 Å². The second-order valence-electron chi connectivity index (χ2n) is 4.10. The summed E-state index contributed by atoms with van der Waals surface area (Å²) < 4.78 is 26.4. The third-order valence-electron chi connectivity index (χ3n) is 2.73. The second-order valence-corrected chi connectivity index (χ2v) is 5.13. The molecule has 17 heavy (non-hydrogen) atoms. The molecule has 88 valence electrons. The lowest BCUT2D eigenvalue weighted by molar-refractivity contribution is 0.457. The van der Waals surface area contributed by atoms with Crippen molar-refractivity contribution < 1.29 is 13.9 Å². The first kappa shape index (κ1) is 10.7. The van der Waals surface area contributed by atoms with Gasteiger partial charge in [0, 0.05) is 17.5 Å². The summed E-state index contributed by atoms with van der Waals surface area (Å²) in [6.07, 6.45) is 2.14. The molecular formula is C12H9F2NOS. The summed E-state index contributed by atoms with van der Waals surface area (Å²) in [5.41, 5.74) is 0.202. The number of thiazole rings is 1. The van der Waals surface area contributed by atoms with Crippen molar-refractivity contribution in [2.24, 2.45) is 0 Å². The Morgan fingerprint density at radius 3 is 2.71 bits per heavy atom. The summed E-state index contributed by atoms with van der Waals surface area (Å²) in [4.78, 5) is 4.41. The first-order valence-electron chi connectivity index (χ1n) is 5.30. The lowest BCUT2D eigenvalue weighted by atomic mass is 10.2. The second kappa shape index (κ2) is 3.77. The van der Waals surface area contributed by atoms with Crippen molar-refractivity contribution in [2.45, 2.75) is 18.8 Å². The van der Waals surface area contributed by atoms with Crippen molar-refractivity contribution in [1.29, 1.82) is 0 Å². The van der Waals surface area contributed by atoms with Crippen molar-refractivity contribution in [3.05, 3.63) is 34.8 Å². The molecule has 1 heterocycles. The third-order valence-corrected chi connectivity index (χ3v) is 3.97. The summed E-state index contributed by atoms with van der Waals surface area (Å²) >= 11 is 1.28. The van der Waals surface area contributed by atoms with Crippen LogP contribution in [0.5, 0.6) is 5.88 Å². The zero-order valence-corrected chi connectivity index (χ0v) is 9.60. The third kappa shape index (κ3) is 1.91. The first-order valence-corrected chi connectivity index (χ1v) is 6.12. The van der Waals surface area contributed by atoms with Crippen LogP contribution in [0, 0.1) is 11.6 Å². The van der Waals surface area contributed by atoms with Gasteiger partial charge in [-0.05, 0) is 25.0 Å². The monoisotopic (exact) mass is 253 g/mol. The van der Waals surface area contributed by atoms with Crippen LogP contribution in [0.25, 0.3) is 10.4 Å². The molecule has 0 spiro atoms. The molecule has 0 aliphatic heterocycles. The van der Waals surface area contributed by atoms with Gasteiger partial charge in [-0.1, -0.05) is 0 Å². The predicted octanol–water partition coefficient (Wildman–Crippen LogP) is 3.67. The number of halogens is 2. The summed E-state index contributed by atoms with van der Waals surface area (Å²) in [6.45, 7) is 0. The van der Waals surface area contributed by atoms with Crippen molar-refractivity contribution >= 4 is 11.3 Å². The topological polar surface area (TPSA) is 33.1 Å². The zero-order valence-electron chi connectivity index (χ0n) is 8.78. The molecule has 0 bridgehead atoms. The zero-order chi connectivity index (χ0) is 12.0. The van der Waals surface area contributed by atoms with Gasteiger partial charge in [0.25, 0.3) is 0 Å². The fourth-order valence-corrected chi connectivity index (χ4v) is 2.84. The van der Waals surface area contributed by atoms with E-state index < -0.39 is 11.6 Å². The molecule has 0 atom stereocenters. The maximum Gasteiger partial charge on any atom is 0.230 e. The van der Waals surface area contributed by atoms with Crippen LogP contribution in [0.1, 0.15) is 23.8 Å². The Kier molecular flexibility index (Phi) is 2.36. The Balaban J connectivity index is 2.07. The number of rotatable bonds is 2. The molecule has 1 N–H and O–H groups in total. The van der Waals surface area contributed by atoms with Crippen LogP contribution in [-0.2, 0) is 0 Å². The van der Waals surface area contributed by atoms with E-state index in [2.05, 4.69) is 4.98 Å². The Morgan fingerprint density at radius 2 is 2.06 bits per heavy atom. The molecule has 2 aromatic rings. The highest BCUT2D eigenvalue weighted by Gasteiger charge is 2.29. The molecule has 1 aliphatic rings. The molecule has 1 aliphatic carbocycles. The Bertz CT molecular complexity index is 578. The fraction of sp³-hybridized carbons (Fsp3) is 0.250. The van der Waals surface area contributed by atoms with Crippen LogP contribution >= 0.6 is 11.3 Å². The van der Waals surface area contributed by atoms with Gasteiger partial charge in [-0.2, -0.15) is 0 Å². The number of aromatic nitrogens is 1. The molecule has 1 aromatic carbocycles. The van der Waals surface area contributed by atoms with Gasteiger partial charge in [0.1, 0.15) is 21.5 Å². The maximum atomic E-state index is 13.6. The van der Waals surface area contributed by atoms with Gasteiger partial charge in [-0.15, -0.1) is 11.3 Å². The van der Waals surface area contributed by atoms with Gasteiger partial charge < -0.3 is 5.11 Å². The molecule has 1 fully saturated rings. The van der Waals surface area contributed by atoms with E-state index in [-0.39, 0.29) is 11.4 Å². The molecule has 0 radical (unpaired) electrons. The van der Waals surface area contributed by atoms with E-state index in [1.807, 2.05) is 0 Å². The van der Waals surface area contributed by atoms with Crippen LogP contribution in [-0.4, -0.2) is 10.1 Å². The van der Waals surface area contributed by atoms with Crippen molar-refractivity contribution in [1.82, 2.24) is 4.98 Å². The van der Waals surface area contributed by atoms with Gasteiger partial charge in [0.05, 0.1) is 0 Å². The minimum absolute atomic E-state index is 0.164. The first-order chi connectivity index (χ1) is 8.15. The summed E-state index contributed by atoms with van der Waals surface area (Å²) in [5.74, 6) is -1.06. The Labute approximate surface area is 101 Å². The molecule has 0 saturated heterocycles. The van der Waals surface area contributed by atoms with Gasteiger partial charge in [0.2, 0.25) is 5.88 Å². The minimum Gasteiger partial charge on any atom is -0.492 e. The van der Waals surface area contributed by atoms with Crippen molar-refractivity contribution in [2.75, 3.05) is 0 Å². The molecule has 3 rings (SSSR count). The smallest absolute Gasteiger partial charge is 0.230 e. The number of benzene rings is 1. The maximum absolute atomic E-state index is 13.6. The summed E-state index contributed by atoms with van der Waals surface area (Å²) in [7, 11) is 0. The van der Waals surface area contributed by atoms with Crippen LogP contribution in [0.15, 0.2) is 18.2 Å². The number of aromatic hydroxyl groups is 1. The molecule has 2 nitrogen and oxygen atoms in total. The number of hydrogen-bond acceptors (Lipinski definition) is 3. The Morgan fingerprint density at radius 1 is 1.29 bits per heavy atom. The van der Waals surface area contributed by atoms with Crippen LogP contribution in [0.3, 0.4) is 0 Å². The van der Waals surface area contributed by atoms with Crippen molar-refractivity contribution in [3.8, 4) is 16.3 Å². The highest BCUT2D eigenvalue weighted by Crippen LogP contribution is 2.46. The number of hydrogen-bond donors (Lipinski definition) is 1. The van der Waals surface area contributed by atoms with E-state index in [0.717, 1.165) is 23.9 Å². The fourth-order valence-electron chi connectivity index (χ4n) is 1.68. The molecular weight excluding hydrogens is 244 g/mol.